The van der Waals surface area contributed by atoms with Gasteiger partial charge in [0.05, 0.1) is 9.35 Å². The van der Waals surface area contributed by atoms with Gasteiger partial charge in [-0.05, 0) is 47.0 Å². The molecule has 0 aliphatic carbocycles. The molecule has 0 unspecified atom stereocenters. The number of aromatic amines is 1. The summed E-state index contributed by atoms with van der Waals surface area (Å²) in [6.07, 6.45) is -2.67. The Morgan fingerprint density at radius 1 is 1.35 bits per heavy atom. The molecule has 0 aliphatic heterocycles. The Hall–Kier alpha value is -1.61. The van der Waals surface area contributed by atoms with Crippen LogP contribution in [0.1, 0.15) is 23.3 Å². The number of amides is 1. The first-order valence-corrected chi connectivity index (χ1v) is 8.20. The molecule has 0 saturated carbocycles. The average Bonchev–Trinajstić information content (AvgIpc) is 2.85. The van der Waals surface area contributed by atoms with Gasteiger partial charge in [0, 0.05) is 17.5 Å². The number of halogens is 4. The second kappa shape index (κ2) is 7.31. The van der Waals surface area contributed by atoms with Crippen LogP contribution in [0.15, 0.2) is 33.0 Å². The highest BCUT2D eigenvalue weighted by atomic mass is 79.9. The van der Waals surface area contributed by atoms with Gasteiger partial charge in [-0.2, -0.15) is 13.2 Å². The molecule has 0 fully saturated rings. The van der Waals surface area contributed by atoms with Crippen LogP contribution in [0, 0.1) is 0 Å². The van der Waals surface area contributed by atoms with Crippen LogP contribution in [0.2, 0.25) is 0 Å². The third kappa shape index (κ3) is 5.21. The molecular formula is C14H12BrF3N2O2S. The highest BCUT2D eigenvalue weighted by Crippen LogP contribution is 2.29. The highest BCUT2D eigenvalue weighted by molar-refractivity contribution is 9.11. The molecular weight excluding hydrogens is 397 g/mol. The number of carbonyl (C=O) groups is 1. The lowest BCUT2D eigenvalue weighted by atomic mass is 10.2. The maximum atomic E-state index is 12.6. The number of nitrogens with one attached hydrogen (secondary N) is 2. The van der Waals surface area contributed by atoms with Crippen molar-refractivity contribution < 1.29 is 18.0 Å². The van der Waals surface area contributed by atoms with Crippen molar-refractivity contribution in [2.45, 2.75) is 25.4 Å². The van der Waals surface area contributed by atoms with E-state index in [1.165, 1.54) is 0 Å². The van der Waals surface area contributed by atoms with Crippen molar-refractivity contribution in [1.82, 2.24) is 4.98 Å². The van der Waals surface area contributed by atoms with Crippen LogP contribution in [0.5, 0.6) is 0 Å². The van der Waals surface area contributed by atoms with Crippen molar-refractivity contribution in [1.29, 1.82) is 0 Å². The molecule has 2 aromatic rings. The van der Waals surface area contributed by atoms with E-state index in [-0.39, 0.29) is 6.42 Å². The number of carbonyl (C=O) groups excluding carboxylic acids is 1. The summed E-state index contributed by atoms with van der Waals surface area (Å²) in [5.74, 6) is -0.495. The average molecular weight is 409 g/mol. The monoisotopic (exact) mass is 408 g/mol. The predicted octanol–water partition coefficient (Wildman–Crippen LogP) is 4.18. The zero-order valence-corrected chi connectivity index (χ0v) is 14.1. The van der Waals surface area contributed by atoms with Crippen molar-refractivity contribution in [3.8, 4) is 0 Å². The van der Waals surface area contributed by atoms with E-state index < -0.39 is 28.9 Å². The lowest BCUT2D eigenvalue weighted by Crippen LogP contribution is -2.21. The maximum Gasteiger partial charge on any atom is 0.417 e. The van der Waals surface area contributed by atoms with Gasteiger partial charge in [0.1, 0.15) is 5.69 Å². The number of aryl methyl sites for hydroxylation is 1. The van der Waals surface area contributed by atoms with Crippen LogP contribution < -0.4 is 10.9 Å². The Bertz CT molecular complexity index is 755. The zero-order chi connectivity index (χ0) is 17.0. The first kappa shape index (κ1) is 17.7. The zero-order valence-electron chi connectivity index (χ0n) is 11.7. The molecule has 124 valence electrons. The Morgan fingerprint density at radius 2 is 2.09 bits per heavy atom. The van der Waals surface area contributed by atoms with E-state index in [1.54, 1.807) is 11.3 Å². The van der Waals surface area contributed by atoms with Gasteiger partial charge in [0.2, 0.25) is 5.91 Å². The molecule has 0 aromatic carbocycles. The van der Waals surface area contributed by atoms with Crippen molar-refractivity contribution in [2.75, 3.05) is 5.32 Å². The van der Waals surface area contributed by atoms with Gasteiger partial charge in [-0.1, -0.05) is 0 Å². The molecule has 0 atom stereocenters. The minimum Gasteiger partial charge on any atom is -0.327 e. The highest BCUT2D eigenvalue weighted by Gasteiger charge is 2.31. The summed E-state index contributed by atoms with van der Waals surface area (Å²) in [5.41, 5.74) is -2.19. The van der Waals surface area contributed by atoms with Crippen LogP contribution in [0.25, 0.3) is 0 Å². The molecule has 0 saturated heterocycles. The van der Waals surface area contributed by atoms with Crippen molar-refractivity contribution >= 4 is 38.9 Å². The number of rotatable bonds is 5. The Labute approximate surface area is 141 Å². The van der Waals surface area contributed by atoms with Gasteiger partial charge >= 0.3 is 6.18 Å². The quantitative estimate of drug-likeness (QED) is 0.779. The second-order valence-corrected chi connectivity index (χ2v) is 7.28. The lowest BCUT2D eigenvalue weighted by Gasteiger charge is -2.09. The lowest BCUT2D eigenvalue weighted by molar-refractivity contribution is -0.137. The molecule has 2 N–H and O–H groups in total. The van der Waals surface area contributed by atoms with Crippen molar-refractivity contribution in [2.24, 2.45) is 0 Å². The number of hydrogen-bond acceptors (Lipinski definition) is 3. The molecule has 9 heteroatoms. The fraction of sp³-hybridized carbons (Fsp3) is 0.286. The molecule has 23 heavy (non-hydrogen) atoms. The fourth-order valence-corrected chi connectivity index (χ4v) is 3.39. The minimum atomic E-state index is -4.59. The van der Waals surface area contributed by atoms with Gasteiger partial charge in [-0.15, -0.1) is 11.3 Å². The van der Waals surface area contributed by atoms with Crippen molar-refractivity contribution in [3.63, 3.8) is 0 Å². The first-order valence-electron chi connectivity index (χ1n) is 6.59. The summed E-state index contributed by atoms with van der Waals surface area (Å²) in [6, 6.07) is 4.47. The predicted molar refractivity (Wildman–Crippen MR) is 85.7 cm³/mol. The van der Waals surface area contributed by atoms with Crippen LogP contribution in [0.3, 0.4) is 0 Å². The third-order valence-electron chi connectivity index (χ3n) is 2.96. The second-order valence-electron chi connectivity index (χ2n) is 4.74. The normalized spacial score (nSPS) is 11.5. The number of aromatic nitrogens is 1. The number of hydrogen-bond donors (Lipinski definition) is 2. The van der Waals surface area contributed by atoms with Crippen molar-refractivity contribution in [3.05, 3.63) is 49.0 Å². The van der Waals surface area contributed by atoms with Gasteiger partial charge in [-0.25, -0.2) is 0 Å². The summed E-state index contributed by atoms with van der Waals surface area (Å²) in [7, 11) is 0. The fourth-order valence-electron chi connectivity index (χ4n) is 1.86. The molecule has 2 rings (SSSR count). The van der Waals surface area contributed by atoms with E-state index in [9.17, 15) is 22.8 Å². The number of alkyl halides is 3. The summed E-state index contributed by atoms with van der Waals surface area (Å²) in [4.78, 5) is 26.3. The molecule has 0 radical (unpaired) electrons. The topological polar surface area (TPSA) is 62.0 Å². The van der Waals surface area contributed by atoms with E-state index in [0.717, 1.165) is 8.66 Å². The standard InChI is InChI=1S/C14H12BrF3N2O2S/c15-11-5-4-9(23-11)2-1-3-12(21)20-10-6-8(14(16,17)18)7-19-13(10)22/h4-7H,1-3H2,(H,19,22)(H,20,21). The summed E-state index contributed by atoms with van der Waals surface area (Å²) >= 11 is 4.89. The first-order chi connectivity index (χ1) is 10.8. The summed E-state index contributed by atoms with van der Waals surface area (Å²) in [6.45, 7) is 0. The smallest absolute Gasteiger partial charge is 0.327 e. The van der Waals surface area contributed by atoms with Gasteiger partial charge in [-0.3, -0.25) is 9.59 Å². The molecule has 2 aromatic heterocycles. The van der Waals surface area contributed by atoms with E-state index >= 15 is 0 Å². The van der Waals surface area contributed by atoms with Crippen LogP contribution in [-0.4, -0.2) is 10.9 Å². The Kier molecular flexibility index (Phi) is 5.64. The molecule has 1 amide bonds. The molecule has 0 bridgehead atoms. The number of thiophene rings is 1. The largest absolute Gasteiger partial charge is 0.417 e. The number of anilines is 1. The Balaban J connectivity index is 1.93. The summed E-state index contributed by atoms with van der Waals surface area (Å²) < 4.78 is 38.8. The number of pyridine rings is 1. The molecule has 4 nitrogen and oxygen atoms in total. The third-order valence-corrected chi connectivity index (χ3v) is 4.64. The van der Waals surface area contributed by atoms with Crippen LogP contribution in [-0.2, 0) is 17.4 Å². The minimum absolute atomic E-state index is 0.116. The van der Waals surface area contributed by atoms with Gasteiger partial charge in [0.15, 0.2) is 0 Å². The van der Waals surface area contributed by atoms with Crippen LogP contribution in [0.4, 0.5) is 18.9 Å². The SMILES string of the molecule is O=C(CCCc1ccc(Br)s1)Nc1cc(C(F)(F)F)c[nH]c1=O. The summed E-state index contributed by atoms with van der Waals surface area (Å²) in [5, 5.41) is 2.23. The van der Waals surface area contributed by atoms with E-state index in [0.29, 0.717) is 25.1 Å². The molecule has 0 spiro atoms. The maximum absolute atomic E-state index is 12.6. The number of H-pyrrole nitrogens is 1. The van der Waals surface area contributed by atoms with E-state index in [2.05, 4.69) is 21.2 Å². The van der Waals surface area contributed by atoms with E-state index in [4.69, 9.17) is 0 Å². The van der Waals surface area contributed by atoms with E-state index in [1.807, 2.05) is 17.1 Å². The van der Waals surface area contributed by atoms with Gasteiger partial charge in [0.25, 0.3) is 5.56 Å². The Morgan fingerprint density at radius 3 is 2.70 bits per heavy atom. The van der Waals surface area contributed by atoms with Crippen LogP contribution >= 0.6 is 27.3 Å². The molecule has 0 aliphatic rings. The van der Waals surface area contributed by atoms with Gasteiger partial charge < -0.3 is 10.3 Å². The molecule has 2 heterocycles.